The van der Waals surface area contributed by atoms with Crippen LogP contribution in [-0.4, -0.2) is 35.8 Å². The number of fused-ring (bicyclic) bond motifs is 1. The van der Waals surface area contributed by atoms with Crippen LogP contribution in [0.2, 0.25) is 10.6 Å². The van der Waals surface area contributed by atoms with E-state index in [2.05, 4.69) is 58.6 Å². The standard InChI is InChI=1S/C19H13Cl2N7O10S3/c20-17-24-18(21)26-19(25-17)23-8-1-2-10(12(5-8)40-37-34-31)27-28-16-14-7(4-13(15(16)22)41-38-35-32)3-9(6-11(14)29)39-36-33-30/h1-6,29-32H,22H2,(H,23,24,25,26). The number of phenols is 1. The monoisotopic (exact) mass is 665 g/mol. The van der Waals surface area contributed by atoms with E-state index in [1.54, 1.807) is 12.1 Å². The second-order valence-corrected chi connectivity index (χ2v) is 10.00. The molecule has 4 rings (SSSR count). The van der Waals surface area contributed by atoms with Crippen LogP contribution in [0.1, 0.15) is 0 Å². The first-order valence-electron chi connectivity index (χ1n) is 10.3. The number of hydrogen-bond acceptors (Lipinski definition) is 20. The van der Waals surface area contributed by atoms with Gasteiger partial charge in [-0.25, -0.2) is 15.8 Å². The molecule has 0 saturated heterocycles. The van der Waals surface area contributed by atoms with Crippen LogP contribution in [0.15, 0.2) is 61.3 Å². The maximum atomic E-state index is 10.8. The average molecular weight is 666 g/mol. The predicted octanol–water partition coefficient (Wildman–Crippen LogP) is 7.06. The highest BCUT2D eigenvalue weighted by molar-refractivity contribution is 7.95. The lowest BCUT2D eigenvalue weighted by Crippen LogP contribution is -1.99. The first-order valence-corrected chi connectivity index (χ1v) is 13.2. The third-order valence-corrected chi connectivity index (χ3v) is 6.87. The molecule has 1 aromatic heterocycles. The lowest BCUT2D eigenvalue weighted by atomic mass is 10.1. The molecule has 216 valence electrons. The molecule has 0 fully saturated rings. The summed E-state index contributed by atoms with van der Waals surface area (Å²) in [5, 5.41) is 59.0. The van der Waals surface area contributed by atoms with Crippen molar-refractivity contribution in [1.82, 2.24) is 15.0 Å². The van der Waals surface area contributed by atoms with Gasteiger partial charge in [-0.1, -0.05) is 15.1 Å². The molecule has 1 heterocycles. The van der Waals surface area contributed by atoms with Gasteiger partial charge in [0, 0.05) is 10.6 Å². The number of aromatic nitrogens is 3. The van der Waals surface area contributed by atoms with E-state index < -0.39 is 0 Å². The number of hydrogen-bond donors (Lipinski definition) is 6. The molecular weight excluding hydrogens is 653 g/mol. The van der Waals surface area contributed by atoms with E-state index in [1.807, 2.05) is 0 Å². The Morgan fingerprint density at radius 2 is 1.46 bits per heavy atom. The lowest BCUT2D eigenvalue weighted by molar-refractivity contribution is -0.432. The molecule has 0 amide bonds. The van der Waals surface area contributed by atoms with Crippen LogP contribution < -0.4 is 11.1 Å². The van der Waals surface area contributed by atoms with E-state index in [1.165, 1.54) is 24.3 Å². The van der Waals surface area contributed by atoms with E-state index in [0.717, 1.165) is 0 Å². The van der Waals surface area contributed by atoms with Crippen LogP contribution in [0.3, 0.4) is 0 Å². The number of azo groups is 1. The summed E-state index contributed by atoms with van der Waals surface area (Å²) >= 11 is 13.4. The van der Waals surface area contributed by atoms with Gasteiger partial charge in [0.25, 0.3) is 0 Å². The summed E-state index contributed by atoms with van der Waals surface area (Å²) in [4.78, 5) is 12.3. The third-order valence-electron chi connectivity index (χ3n) is 4.69. The summed E-state index contributed by atoms with van der Waals surface area (Å²) in [5.74, 6) is -0.227. The van der Waals surface area contributed by atoms with Crippen LogP contribution in [-0.2, 0) is 28.1 Å². The summed E-state index contributed by atoms with van der Waals surface area (Å²) in [6, 6.07) is 8.97. The van der Waals surface area contributed by atoms with Gasteiger partial charge in [-0.15, -0.1) is 23.2 Å². The number of benzene rings is 3. The number of nitrogens with zero attached hydrogens (tertiary/aromatic N) is 5. The largest absolute Gasteiger partial charge is 0.507 e. The number of nitrogen functional groups attached to an aromatic ring is 1. The molecule has 0 spiro atoms. The van der Waals surface area contributed by atoms with Crippen molar-refractivity contribution in [2.75, 3.05) is 11.1 Å². The minimum Gasteiger partial charge on any atom is -0.507 e. The Morgan fingerprint density at radius 1 is 0.805 bits per heavy atom. The van der Waals surface area contributed by atoms with Gasteiger partial charge in [0.2, 0.25) is 16.5 Å². The van der Waals surface area contributed by atoms with E-state index in [4.69, 9.17) is 44.7 Å². The molecule has 0 aliphatic carbocycles. The zero-order valence-electron chi connectivity index (χ0n) is 19.5. The lowest BCUT2D eigenvalue weighted by Gasteiger charge is -2.12. The Balaban J connectivity index is 1.76. The minimum atomic E-state index is -0.274. The summed E-state index contributed by atoms with van der Waals surface area (Å²) in [6.45, 7) is 0. The molecule has 0 aliphatic rings. The van der Waals surface area contributed by atoms with Gasteiger partial charge >= 0.3 is 0 Å². The second-order valence-electron chi connectivity index (χ2n) is 7.06. The van der Waals surface area contributed by atoms with Crippen molar-refractivity contribution in [2.45, 2.75) is 14.7 Å². The first kappa shape index (κ1) is 31.1. The number of anilines is 3. The van der Waals surface area contributed by atoms with Crippen molar-refractivity contribution in [1.29, 1.82) is 0 Å². The topological polar surface area (TPSA) is 238 Å². The Kier molecular flexibility index (Phi) is 11.3. The Morgan fingerprint density at radius 3 is 2.15 bits per heavy atom. The van der Waals surface area contributed by atoms with E-state index in [0.29, 0.717) is 52.1 Å². The number of aromatic hydroxyl groups is 1. The van der Waals surface area contributed by atoms with E-state index in [-0.39, 0.29) is 54.5 Å². The fourth-order valence-corrected chi connectivity index (χ4v) is 4.94. The molecule has 41 heavy (non-hydrogen) atoms. The SMILES string of the molecule is Nc1c(SOOO)cc2cc(SOOO)cc(O)c2c1N=Nc1ccc(Nc2nc(Cl)nc(Cl)n2)cc1SOOO. The summed E-state index contributed by atoms with van der Waals surface area (Å²) in [5.41, 5.74) is 6.90. The first-order chi connectivity index (χ1) is 19.8. The predicted molar refractivity (Wildman–Crippen MR) is 146 cm³/mol. The van der Waals surface area contributed by atoms with Crippen LogP contribution in [0.5, 0.6) is 5.75 Å². The molecule has 7 N–H and O–H groups in total. The second kappa shape index (κ2) is 14.9. The number of phenolic OH excluding ortho intramolecular Hbond substituents is 1. The molecule has 4 aromatic rings. The van der Waals surface area contributed by atoms with E-state index >= 15 is 0 Å². The van der Waals surface area contributed by atoms with Gasteiger partial charge in [-0.3, -0.25) is 0 Å². The minimum absolute atomic E-state index is 0.0000285. The maximum absolute atomic E-state index is 10.8. The van der Waals surface area contributed by atoms with Gasteiger partial charge in [0.05, 0.1) is 57.0 Å². The molecule has 3 aromatic carbocycles. The molecule has 0 saturated carbocycles. The highest BCUT2D eigenvalue weighted by atomic mass is 35.5. The van der Waals surface area contributed by atoms with Gasteiger partial charge in [-0.2, -0.15) is 15.0 Å². The van der Waals surface area contributed by atoms with Crippen LogP contribution in [0, 0.1) is 0 Å². The fraction of sp³-hybridized carbons (Fsp3) is 0. The zero-order chi connectivity index (χ0) is 29.4. The summed E-state index contributed by atoms with van der Waals surface area (Å²) in [6.07, 6.45) is 0. The molecule has 0 atom stereocenters. The molecule has 0 bridgehead atoms. The normalized spacial score (nSPS) is 11.5. The Bertz CT molecular complexity index is 1560. The molecule has 17 nitrogen and oxygen atoms in total. The number of nitrogens with two attached hydrogens (primary N) is 1. The molecule has 0 aliphatic heterocycles. The van der Waals surface area contributed by atoms with Crippen molar-refractivity contribution in [2.24, 2.45) is 10.2 Å². The van der Waals surface area contributed by atoms with Crippen LogP contribution in [0.25, 0.3) is 10.8 Å². The Labute approximate surface area is 250 Å². The van der Waals surface area contributed by atoms with Crippen LogP contribution >= 0.6 is 59.3 Å². The van der Waals surface area contributed by atoms with Gasteiger partial charge in [0.1, 0.15) is 17.1 Å². The highest BCUT2D eigenvalue weighted by Gasteiger charge is 2.18. The van der Waals surface area contributed by atoms with Crippen molar-refractivity contribution in [3.8, 4) is 5.75 Å². The smallest absolute Gasteiger partial charge is 0.232 e. The average Bonchev–Trinajstić information content (AvgIpc) is 2.93. The number of nitrogens with one attached hydrogen (secondary N) is 1. The van der Waals surface area contributed by atoms with Crippen molar-refractivity contribution in [3.05, 3.63) is 47.0 Å². The van der Waals surface area contributed by atoms with Crippen LogP contribution in [0.4, 0.5) is 28.7 Å². The van der Waals surface area contributed by atoms with Gasteiger partial charge < -0.3 is 16.2 Å². The van der Waals surface area contributed by atoms with Gasteiger partial charge in [-0.05, 0) is 65.0 Å². The molecule has 0 unspecified atom stereocenters. The highest BCUT2D eigenvalue weighted by Crippen LogP contribution is 2.46. The maximum Gasteiger partial charge on any atom is 0.232 e. The molecular formula is C19H13Cl2N7O10S3. The Hall–Kier alpha value is -2.80. The summed E-state index contributed by atoms with van der Waals surface area (Å²) < 4.78 is 13.5. The number of halogens is 2. The van der Waals surface area contributed by atoms with Crippen molar-refractivity contribution in [3.63, 3.8) is 0 Å². The van der Waals surface area contributed by atoms with Crippen molar-refractivity contribution >= 4 is 98.8 Å². The molecule has 22 heteroatoms. The summed E-state index contributed by atoms with van der Waals surface area (Å²) in [7, 11) is 0. The molecule has 0 radical (unpaired) electrons. The van der Waals surface area contributed by atoms with E-state index in [9.17, 15) is 5.11 Å². The quantitative estimate of drug-likeness (QED) is 0.0275. The zero-order valence-corrected chi connectivity index (χ0v) is 23.5. The number of rotatable bonds is 13. The fourth-order valence-electron chi connectivity index (χ4n) is 3.20. The van der Waals surface area contributed by atoms with Crippen molar-refractivity contribution < 1.29 is 49.0 Å². The van der Waals surface area contributed by atoms with Gasteiger partial charge in [0.15, 0.2) is 0 Å². The third kappa shape index (κ3) is 8.15.